The molecule has 1 aromatic rings. The molecule has 0 radical (unpaired) electrons. The van der Waals surface area contributed by atoms with Crippen molar-refractivity contribution in [3.05, 3.63) is 40.3 Å². The summed E-state index contributed by atoms with van der Waals surface area (Å²) in [5, 5.41) is 2.88. The first kappa shape index (κ1) is 14.0. The summed E-state index contributed by atoms with van der Waals surface area (Å²) in [5.41, 5.74) is 1.42. The summed E-state index contributed by atoms with van der Waals surface area (Å²) in [7, 11) is 1.67. The van der Waals surface area contributed by atoms with Gasteiger partial charge in [-0.2, -0.15) is 0 Å². The number of aliphatic imine (C=N–C) groups is 1. The van der Waals surface area contributed by atoms with Crippen LogP contribution >= 0.6 is 0 Å². The molecule has 0 spiro atoms. The van der Waals surface area contributed by atoms with Gasteiger partial charge >= 0.3 is 5.97 Å². The topological polar surface area (TPSA) is 68.1 Å². The fourth-order valence-electron chi connectivity index (χ4n) is 1.62. The second-order valence-corrected chi connectivity index (χ2v) is 3.60. The van der Waals surface area contributed by atoms with Crippen molar-refractivity contribution >= 4 is 12.2 Å². The highest BCUT2D eigenvalue weighted by Crippen LogP contribution is 2.23. The molecule has 5 nitrogen and oxygen atoms in total. The molecular weight excluding hydrogens is 232 g/mol. The van der Waals surface area contributed by atoms with Gasteiger partial charge < -0.3 is 9.73 Å². The van der Waals surface area contributed by atoms with Crippen LogP contribution in [-0.4, -0.2) is 25.8 Å². The Morgan fingerprint density at radius 1 is 1.44 bits per heavy atom. The molecule has 0 bridgehead atoms. The Labute approximate surface area is 106 Å². The quantitative estimate of drug-likeness (QED) is 0.440. The zero-order valence-electron chi connectivity index (χ0n) is 10.5. The summed E-state index contributed by atoms with van der Waals surface area (Å²) in [6, 6.07) is 6.05. The summed E-state index contributed by atoms with van der Waals surface area (Å²) in [4.78, 5) is 26.4. The van der Waals surface area contributed by atoms with Crippen LogP contribution in [0.15, 0.2) is 34.4 Å². The highest BCUT2D eigenvalue weighted by molar-refractivity contribution is 5.79. The maximum absolute atomic E-state index is 11.7. The van der Waals surface area contributed by atoms with Gasteiger partial charge in [0.1, 0.15) is 0 Å². The number of carbonyl (C=O) groups excluding carboxylic acids is 1. The van der Waals surface area contributed by atoms with E-state index in [1.54, 1.807) is 32.3 Å². The van der Waals surface area contributed by atoms with Crippen molar-refractivity contribution in [2.24, 2.45) is 10.2 Å². The Balaban J connectivity index is 3.04. The number of ether oxygens (including phenoxy) is 1. The van der Waals surface area contributed by atoms with E-state index in [4.69, 9.17) is 4.74 Å². The number of hydrogen-bond acceptors (Lipinski definition) is 5. The number of hydrogen-bond donors (Lipinski definition) is 0. The van der Waals surface area contributed by atoms with Crippen molar-refractivity contribution in [1.82, 2.24) is 0 Å². The predicted molar refractivity (Wildman–Crippen MR) is 69.7 cm³/mol. The van der Waals surface area contributed by atoms with Crippen molar-refractivity contribution in [2.45, 2.75) is 19.4 Å². The molecule has 0 amide bonds. The molecule has 5 heteroatoms. The van der Waals surface area contributed by atoms with Crippen LogP contribution in [0.25, 0.3) is 0 Å². The molecule has 0 fully saturated rings. The standard InChI is InChI=1S/C13H16N2O3/c1-3-18-13(16)12(15-17)11-7-5-4-6-10(11)8-9-14-2/h4-7,9,12H,3,8H2,1-2H3. The van der Waals surface area contributed by atoms with Gasteiger partial charge in [-0.3, -0.25) is 0 Å². The van der Waals surface area contributed by atoms with E-state index in [0.29, 0.717) is 12.0 Å². The molecule has 0 heterocycles. The van der Waals surface area contributed by atoms with Crippen LogP contribution in [0.3, 0.4) is 0 Å². The van der Waals surface area contributed by atoms with E-state index in [9.17, 15) is 9.70 Å². The first-order valence-corrected chi connectivity index (χ1v) is 5.72. The molecule has 1 rings (SSSR count). The fraction of sp³-hybridized carbons (Fsp3) is 0.385. The first-order chi connectivity index (χ1) is 8.74. The molecule has 0 aromatic heterocycles. The summed E-state index contributed by atoms with van der Waals surface area (Å²) < 4.78 is 4.84. The van der Waals surface area contributed by atoms with Crippen LogP contribution in [0.2, 0.25) is 0 Å². The summed E-state index contributed by atoms with van der Waals surface area (Å²) >= 11 is 0. The van der Waals surface area contributed by atoms with Crippen LogP contribution in [0, 0.1) is 4.91 Å². The Kier molecular flexibility index (Phi) is 5.70. The fourth-order valence-corrected chi connectivity index (χ4v) is 1.62. The lowest BCUT2D eigenvalue weighted by molar-refractivity contribution is -0.144. The lowest BCUT2D eigenvalue weighted by Crippen LogP contribution is -2.15. The SMILES string of the molecule is CCOC(=O)C(N=O)c1ccccc1CC=NC. The van der Waals surface area contributed by atoms with Crippen LogP contribution < -0.4 is 0 Å². The number of nitroso groups, excluding NO2 is 1. The summed E-state index contributed by atoms with van der Waals surface area (Å²) in [6.07, 6.45) is 2.27. The molecule has 0 saturated heterocycles. The second kappa shape index (κ2) is 7.32. The van der Waals surface area contributed by atoms with Gasteiger partial charge in [0.2, 0.25) is 6.04 Å². The van der Waals surface area contributed by atoms with Crippen molar-refractivity contribution in [1.29, 1.82) is 0 Å². The van der Waals surface area contributed by atoms with Gasteiger partial charge in [-0.15, -0.1) is 4.91 Å². The number of nitrogens with zero attached hydrogens (tertiary/aromatic N) is 2. The number of carbonyl (C=O) groups is 1. The Hall–Kier alpha value is -2.04. The summed E-state index contributed by atoms with van der Waals surface area (Å²) in [5.74, 6) is -0.617. The molecule has 18 heavy (non-hydrogen) atoms. The molecule has 1 atom stereocenters. The van der Waals surface area contributed by atoms with Gasteiger partial charge in [-0.25, -0.2) is 4.79 Å². The minimum atomic E-state index is -1.11. The molecular formula is C13H16N2O3. The second-order valence-electron chi connectivity index (χ2n) is 3.60. The Bertz CT molecular complexity index is 444. The molecule has 0 aliphatic rings. The minimum absolute atomic E-state index is 0.226. The molecule has 0 aliphatic carbocycles. The smallest absolute Gasteiger partial charge is 0.339 e. The van der Waals surface area contributed by atoms with Crippen molar-refractivity contribution in [2.75, 3.05) is 13.7 Å². The number of esters is 1. The van der Waals surface area contributed by atoms with Crippen LogP contribution in [0.1, 0.15) is 24.1 Å². The minimum Gasteiger partial charge on any atom is -0.464 e. The Morgan fingerprint density at radius 2 is 2.17 bits per heavy atom. The predicted octanol–water partition coefficient (Wildman–Crippen LogP) is 2.30. The van der Waals surface area contributed by atoms with E-state index in [2.05, 4.69) is 10.2 Å². The van der Waals surface area contributed by atoms with E-state index in [0.717, 1.165) is 5.56 Å². The molecule has 0 saturated carbocycles. The summed E-state index contributed by atoms with van der Waals surface area (Å²) in [6.45, 7) is 1.92. The van der Waals surface area contributed by atoms with E-state index in [1.165, 1.54) is 0 Å². The third-order valence-corrected chi connectivity index (χ3v) is 2.46. The normalized spacial score (nSPS) is 12.3. The van der Waals surface area contributed by atoms with Gasteiger partial charge in [-0.1, -0.05) is 24.3 Å². The average Bonchev–Trinajstić information content (AvgIpc) is 2.39. The molecule has 1 unspecified atom stereocenters. The molecule has 96 valence electrons. The third-order valence-electron chi connectivity index (χ3n) is 2.46. The van der Waals surface area contributed by atoms with Gasteiger partial charge in [0.15, 0.2) is 0 Å². The van der Waals surface area contributed by atoms with Gasteiger partial charge in [0.25, 0.3) is 0 Å². The van der Waals surface area contributed by atoms with Gasteiger partial charge in [0, 0.05) is 19.7 Å². The largest absolute Gasteiger partial charge is 0.464 e. The van der Waals surface area contributed by atoms with E-state index in [1.807, 2.05) is 12.1 Å². The highest BCUT2D eigenvalue weighted by atomic mass is 16.5. The lowest BCUT2D eigenvalue weighted by atomic mass is 9.99. The van der Waals surface area contributed by atoms with E-state index < -0.39 is 12.0 Å². The van der Waals surface area contributed by atoms with Crippen LogP contribution in [0.4, 0.5) is 0 Å². The maximum Gasteiger partial charge on any atom is 0.339 e. The molecule has 1 aromatic carbocycles. The van der Waals surface area contributed by atoms with Crippen molar-refractivity contribution < 1.29 is 9.53 Å². The third kappa shape index (κ3) is 3.48. The highest BCUT2D eigenvalue weighted by Gasteiger charge is 2.24. The number of benzene rings is 1. The lowest BCUT2D eigenvalue weighted by Gasteiger charge is -2.12. The number of rotatable bonds is 6. The first-order valence-electron chi connectivity index (χ1n) is 5.72. The van der Waals surface area contributed by atoms with Gasteiger partial charge in [-0.05, 0) is 23.2 Å². The maximum atomic E-state index is 11.7. The van der Waals surface area contributed by atoms with Crippen LogP contribution in [-0.2, 0) is 16.0 Å². The van der Waals surface area contributed by atoms with Crippen molar-refractivity contribution in [3.63, 3.8) is 0 Å². The van der Waals surface area contributed by atoms with Crippen LogP contribution in [0.5, 0.6) is 0 Å². The molecule has 0 N–H and O–H groups in total. The zero-order valence-corrected chi connectivity index (χ0v) is 10.5. The monoisotopic (exact) mass is 248 g/mol. The molecule has 0 aliphatic heterocycles. The zero-order chi connectivity index (χ0) is 13.4. The van der Waals surface area contributed by atoms with E-state index in [-0.39, 0.29) is 6.61 Å². The van der Waals surface area contributed by atoms with Crippen molar-refractivity contribution in [3.8, 4) is 0 Å². The van der Waals surface area contributed by atoms with E-state index >= 15 is 0 Å². The van der Waals surface area contributed by atoms with Gasteiger partial charge in [0.05, 0.1) is 6.61 Å². The Morgan fingerprint density at radius 3 is 2.78 bits per heavy atom. The average molecular weight is 248 g/mol.